The minimum absolute atomic E-state index is 0.0222. The normalized spacial score (nSPS) is 15.5. The highest BCUT2D eigenvalue weighted by Crippen LogP contribution is 2.33. The van der Waals surface area contributed by atoms with E-state index < -0.39 is 21.8 Å². The fourth-order valence-electron chi connectivity index (χ4n) is 2.98. The Hall–Kier alpha value is -2.67. The van der Waals surface area contributed by atoms with Gasteiger partial charge in [0.15, 0.2) is 16.0 Å². The van der Waals surface area contributed by atoms with Crippen LogP contribution in [-0.2, 0) is 9.84 Å². The van der Waals surface area contributed by atoms with Gasteiger partial charge in [0.05, 0.1) is 6.04 Å². The van der Waals surface area contributed by atoms with Crippen molar-refractivity contribution in [2.24, 2.45) is 5.92 Å². The minimum Gasteiger partial charge on any atom is -0.618 e. The number of hydrogen-bond acceptors (Lipinski definition) is 4. The maximum absolute atomic E-state index is 12.6. The second kappa shape index (κ2) is 7.75. The smallest absolute Gasteiger partial charge is 0.317 e. The number of aromatic nitrogens is 1. The van der Waals surface area contributed by atoms with Crippen molar-refractivity contribution < 1.29 is 17.9 Å². The molecule has 0 aliphatic heterocycles. The first-order valence-corrected chi connectivity index (χ1v) is 11.1. The quantitative estimate of drug-likeness (QED) is 0.596. The Bertz CT molecular complexity index is 1040. The summed E-state index contributed by atoms with van der Waals surface area (Å²) in [5, 5.41) is 16.3. The van der Waals surface area contributed by atoms with E-state index in [0.29, 0.717) is 4.73 Å². The zero-order valence-electron chi connectivity index (χ0n) is 16.2. The van der Waals surface area contributed by atoms with E-state index in [4.69, 9.17) is 0 Å². The van der Waals surface area contributed by atoms with Crippen LogP contribution < -0.4 is 10.0 Å². The van der Waals surface area contributed by atoms with Crippen LogP contribution in [0.2, 0.25) is 0 Å². The van der Waals surface area contributed by atoms with Crippen LogP contribution in [0.25, 0.3) is 11.1 Å². The molecule has 1 saturated carbocycles. The summed E-state index contributed by atoms with van der Waals surface area (Å²) in [6.45, 7) is 4.03. The number of carbonyl (C=O) groups excluding carboxylic acids is 1. The highest BCUT2D eigenvalue weighted by atomic mass is 32.2. The maximum Gasteiger partial charge on any atom is 0.317 e. The largest absolute Gasteiger partial charge is 0.618 e. The van der Waals surface area contributed by atoms with Crippen LogP contribution in [0, 0.1) is 25.0 Å². The van der Waals surface area contributed by atoms with Gasteiger partial charge in [-0.05, 0) is 55.4 Å². The highest BCUT2D eigenvalue weighted by Gasteiger charge is 2.32. The van der Waals surface area contributed by atoms with Crippen molar-refractivity contribution in [1.82, 2.24) is 5.32 Å². The van der Waals surface area contributed by atoms with Crippen molar-refractivity contribution >= 4 is 15.7 Å². The van der Waals surface area contributed by atoms with Gasteiger partial charge in [-0.1, -0.05) is 24.3 Å². The Morgan fingerprint density at radius 2 is 1.86 bits per heavy atom. The molecule has 0 unspecified atom stereocenters. The average molecular weight is 401 g/mol. The predicted octanol–water partition coefficient (Wildman–Crippen LogP) is 2.67. The summed E-state index contributed by atoms with van der Waals surface area (Å²) in [4.78, 5) is 12.6. The molecule has 1 aliphatic carbocycles. The van der Waals surface area contributed by atoms with Gasteiger partial charge >= 0.3 is 5.91 Å². The maximum atomic E-state index is 12.6. The predicted molar refractivity (Wildman–Crippen MR) is 108 cm³/mol. The molecule has 0 radical (unpaired) electrons. The zero-order chi connectivity index (χ0) is 20.5. The van der Waals surface area contributed by atoms with Crippen molar-refractivity contribution in [3.63, 3.8) is 0 Å². The first-order valence-electron chi connectivity index (χ1n) is 9.14. The molecule has 0 saturated heterocycles. The van der Waals surface area contributed by atoms with Gasteiger partial charge in [-0.25, -0.2) is 8.42 Å². The lowest BCUT2D eigenvalue weighted by molar-refractivity contribution is -0.607. The number of hydrogen-bond donors (Lipinski definition) is 1. The summed E-state index contributed by atoms with van der Waals surface area (Å²) in [5.41, 5.74) is 3.91. The van der Waals surface area contributed by atoms with Gasteiger partial charge < -0.3 is 10.5 Å². The number of rotatable bonds is 6. The Morgan fingerprint density at radius 1 is 1.18 bits per heavy atom. The van der Waals surface area contributed by atoms with Crippen molar-refractivity contribution in [3.05, 3.63) is 70.0 Å². The SMILES string of the molecule is Cc1ccc(-c2ccc(C(=O)N[C@H](/C=C/S(C)(=O)=O)C3CC3)[n+]([O-])c2)cc1C. The van der Waals surface area contributed by atoms with Crippen molar-refractivity contribution in [1.29, 1.82) is 0 Å². The van der Waals surface area contributed by atoms with E-state index in [1.54, 1.807) is 6.07 Å². The molecule has 3 rings (SSSR count). The van der Waals surface area contributed by atoms with E-state index in [-0.39, 0.29) is 11.6 Å². The summed E-state index contributed by atoms with van der Waals surface area (Å²) in [6, 6.07) is 8.78. The number of carbonyl (C=O) groups is 1. The molecule has 1 heterocycles. The van der Waals surface area contributed by atoms with Gasteiger partial charge in [-0.15, -0.1) is 0 Å². The van der Waals surface area contributed by atoms with Crippen molar-refractivity contribution in [2.45, 2.75) is 32.7 Å². The van der Waals surface area contributed by atoms with Crippen molar-refractivity contribution in [2.75, 3.05) is 6.26 Å². The molecular formula is C21H24N2O4S. The fraction of sp³-hybridized carbons (Fsp3) is 0.333. The summed E-state index contributed by atoms with van der Waals surface area (Å²) in [5.74, 6) is -0.312. The summed E-state index contributed by atoms with van der Waals surface area (Å²) in [6.07, 6.45) is 5.82. The average Bonchev–Trinajstić information content (AvgIpc) is 3.45. The molecule has 1 aromatic carbocycles. The van der Waals surface area contributed by atoms with E-state index in [9.17, 15) is 18.4 Å². The first-order chi connectivity index (χ1) is 13.1. The minimum atomic E-state index is -3.28. The Kier molecular flexibility index (Phi) is 5.56. The van der Waals surface area contributed by atoms with Crippen LogP contribution in [0.15, 0.2) is 48.0 Å². The molecule has 7 heteroatoms. The molecule has 1 N–H and O–H groups in total. The number of amides is 1. The molecule has 0 spiro atoms. The van der Waals surface area contributed by atoms with Gasteiger partial charge in [-0.3, -0.25) is 4.79 Å². The highest BCUT2D eigenvalue weighted by molar-refractivity contribution is 7.93. The van der Waals surface area contributed by atoms with E-state index in [1.807, 2.05) is 32.0 Å². The first kappa shape index (κ1) is 20.1. The molecule has 148 valence electrons. The van der Waals surface area contributed by atoms with Crippen LogP contribution in [0.5, 0.6) is 0 Å². The molecule has 6 nitrogen and oxygen atoms in total. The summed E-state index contributed by atoms with van der Waals surface area (Å²) in [7, 11) is -3.28. The molecule has 1 fully saturated rings. The Morgan fingerprint density at radius 3 is 2.43 bits per heavy atom. The third kappa shape index (κ3) is 4.98. The van der Waals surface area contributed by atoms with Gasteiger partial charge in [0.2, 0.25) is 0 Å². The summed E-state index contributed by atoms with van der Waals surface area (Å²) < 4.78 is 23.3. The Balaban J connectivity index is 1.80. The second-order valence-electron chi connectivity index (χ2n) is 7.42. The molecule has 2 aromatic rings. The van der Waals surface area contributed by atoms with Crippen LogP contribution in [-0.4, -0.2) is 26.6 Å². The van der Waals surface area contributed by atoms with E-state index in [0.717, 1.165) is 41.2 Å². The van der Waals surface area contributed by atoms with Gasteiger partial charge in [0.25, 0.3) is 5.69 Å². The van der Waals surface area contributed by atoms with E-state index in [1.165, 1.54) is 23.9 Å². The molecule has 0 bridgehead atoms. The topological polar surface area (TPSA) is 90.2 Å². The third-order valence-electron chi connectivity index (χ3n) is 4.95. The number of aryl methyl sites for hydroxylation is 2. The van der Waals surface area contributed by atoms with Gasteiger partial charge in [0.1, 0.15) is 0 Å². The molecule has 1 atom stereocenters. The molecule has 1 aliphatic rings. The number of nitrogens with one attached hydrogen (secondary N) is 1. The molecule has 1 aromatic heterocycles. The Labute approximate surface area is 165 Å². The van der Waals surface area contributed by atoms with Crippen LogP contribution >= 0.6 is 0 Å². The van der Waals surface area contributed by atoms with E-state index >= 15 is 0 Å². The van der Waals surface area contributed by atoms with Crippen LogP contribution in [0.4, 0.5) is 0 Å². The van der Waals surface area contributed by atoms with Crippen LogP contribution in [0.3, 0.4) is 0 Å². The standard InChI is InChI=1S/C21H24N2O4S/c1-14-4-5-17(12-15(14)2)18-8-9-20(23(25)13-18)21(24)22-19(16-6-7-16)10-11-28(3,26)27/h4-5,8-13,16,19H,6-7H2,1-3H3,(H,22,24)/b11-10+/t19-/m1/s1. The summed E-state index contributed by atoms with van der Waals surface area (Å²) >= 11 is 0. The van der Waals surface area contributed by atoms with Gasteiger partial charge in [-0.2, -0.15) is 4.73 Å². The lowest BCUT2D eigenvalue weighted by atomic mass is 10.0. The third-order valence-corrected chi connectivity index (χ3v) is 5.60. The number of nitrogens with zero attached hydrogens (tertiary/aromatic N) is 1. The van der Waals surface area contributed by atoms with Crippen LogP contribution in [0.1, 0.15) is 34.5 Å². The van der Waals surface area contributed by atoms with Crippen molar-refractivity contribution in [3.8, 4) is 11.1 Å². The number of benzene rings is 1. The molecular weight excluding hydrogens is 376 g/mol. The van der Waals surface area contributed by atoms with E-state index in [2.05, 4.69) is 5.32 Å². The number of sulfone groups is 1. The molecule has 28 heavy (non-hydrogen) atoms. The molecule has 1 amide bonds. The number of pyridine rings is 1. The fourth-order valence-corrected chi connectivity index (χ4v) is 3.43. The van der Waals surface area contributed by atoms with Gasteiger partial charge in [0, 0.05) is 23.3 Å². The monoisotopic (exact) mass is 400 g/mol. The zero-order valence-corrected chi connectivity index (χ0v) is 17.0. The second-order valence-corrected chi connectivity index (χ2v) is 9.35. The lowest BCUT2D eigenvalue weighted by Gasteiger charge is -2.14. The lowest BCUT2D eigenvalue weighted by Crippen LogP contribution is -2.43.